The number of nitrogen functional groups attached to an aromatic ring is 1. The molecule has 0 bridgehead atoms. The number of pyridine rings is 1. The van der Waals surface area contributed by atoms with Crippen LogP contribution in [0.3, 0.4) is 0 Å². The molecule has 0 aliphatic rings. The number of hydrogen-bond donors (Lipinski definition) is 2. The molecule has 0 radical (unpaired) electrons. The van der Waals surface area contributed by atoms with Crippen molar-refractivity contribution < 1.29 is 8.42 Å². The van der Waals surface area contributed by atoms with Gasteiger partial charge in [0, 0.05) is 18.9 Å². The third-order valence-corrected chi connectivity index (χ3v) is 4.39. The molecular formula is C12H14N6O2S. The van der Waals surface area contributed by atoms with Gasteiger partial charge in [-0.1, -0.05) is 6.07 Å². The van der Waals surface area contributed by atoms with Crippen molar-refractivity contribution in [1.29, 1.82) is 0 Å². The molecule has 3 aromatic rings. The standard InChI is InChI=1S/C12H14N6O2S/c1-2-17-8-9(7-14-17)16-21(19,20)12-11(13)15-10-5-3-4-6-18(10)12/h3-8,16H,2,13H2,1H3. The number of imidazole rings is 1. The lowest BCUT2D eigenvalue weighted by Crippen LogP contribution is -2.16. The van der Waals surface area contributed by atoms with E-state index in [0.29, 0.717) is 17.9 Å². The van der Waals surface area contributed by atoms with Crippen LogP contribution in [0.5, 0.6) is 0 Å². The Morgan fingerprint density at radius 3 is 2.90 bits per heavy atom. The normalized spacial score (nSPS) is 11.9. The molecule has 9 heteroatoms. The summed E-state index contributed by atoms with van der Waals surface area (Å²) in [5.41, 5.74) is 6.60. The number of nitrogens with zero attached hydrogens (tertiary/aromatic N) is 4. The fourth-order valence-corrected chi connectivity index (χ4v) is 3.30. The van der Waals surface area contributed by atoms with E-state index in [9.17, 15) is 8.42 Å². The van der Waals surface area contributed by atoms with E-state index in [4.69, 9.17) is 5.73 Å². The number of aromatic nitrogens is 4. The molecule has 0 aliphatic carbocycles. The molecule has 21 heavy (non-hydrogen) atoms. The van der Waals surface area contributed by atoms with E-state index in [-0.39, 0.29) is 10.8 Å². The molecule has 0 aliphatic heterocycles. The van der Waals surface area contributed by atoms with Gasteiger partial charge < -0.3 is 5.73 Å². The molecule has 0 fully saturated rings. The van der Waals surface area contributed by atoms with E-state index in [1.165, 1.54) is 10.6 Å². The van der Waals surface area contributed by atoms with Gasteiger partial charge in [-0.15, -0.1) is 0 Å². The molecule has 0 atom stereocenters. The number of hydrogen-bond acceptors (Lipinski definition) is 5. The van der Waals surface area contributed by atoms with Crippen molar-refractivity contribution in [2.45, 2.75) is 18.5 Å². The summed E-state index contributed by atoms with van der Waals surface area (Å²) in [7, 11) is -3.85. The first-order valence-electron chi connectivity index (χ1n) is 6.29. The summed E-state index contributed by atoms with van der Waals surface area (Å²) >= 11 is 0. The molecule has 0 aromatic carbocycles. The molecule has 0 spiro atoms. The lowest BCUT2D eigenvalue weighted by Gasteiger charge is -2.06. The van der Waals surface area contributed by atoms with Crippen LogP contribution in [0.2, 0.25) is 0 Å². The second-order valence-electron chi connectivity index (χ2n) is 4.42. The first-order valence-corrected chi connectivity index (χ1v) is 7.77. The molecule has 3 rings (SSSR count). The molecule has 0 amide bonds. The van der Waals surface area contributed by atoms with Crippen molar-refractivity contribution in [1.82, 2.24) is 19.2 Å². The maximum atomic E-state index is 12.5. The summed E-state index contributed by atoms with van der Waals surface area (Å²) in [4.78, 5) is 4.04. The quantitative estimate of drug-likeness (QED) is 0.745. The van der Waals surface area contributed by atoms with Crippen LogP contribution in [0.15, 0.2) is 41.8 Å². The van der Waals surface area contributed by atoms with Gasteiger partial charge in [0.2, 0.25) is 5.03 Å². The summed E-state index contributed by atoms with van der Waals surface area (Å²) in [5.74, 6) is -0.0448. The Hall–Kier alpha value is -2.55. The second-order valence-corrected chi connectivity index (χ2v) is 6.02. The van der Waals surface area contributed by atoms with Crippen molar-refractivity contribution in [3.63, 3.8) is 0 Å². The molecule has 8 nitrogen and oxygen atoms in total. The SMILES string of the molecule is CCn1cc(NS(=O)(=O)c2c(N)nc3ccccn23)cn1. The van der Waals surface area contributed by atoms with Gasteiger partial charge in [0.15, 0.2) is 5.82 Å². The van der Waals surface area contributed by atoms with Crippen molar-refractivity contribution in [3.8, 4) is 0 Å². The molecule has 110 valence electrons. The van der Waals surface area contributed by atoms with Crippen LogP contribution in [0, 0.1) is 0 Å². The summed E-state index contributed by atoms with van der Waals surface area (Å²) in [6.45, 7) is 2.56. The molecule has 0 unspecified atom stereocenters. The van der Waals surface area contributed by atoms with Gasteiger partial charge in [-0.25, -0.2) is 4.98 Å². The average molecular weight is 306 g/mol. The van der Waals surface area contributed by atoms with E-state index in [1.807, 2.05) is 6.92 Å². The summed E-state index contributed by atoms with van der Waals surface area (Å²) in [6, 6.07) is 5.16. The van der Waals surface area contributed by atoms with Gasteiger partial charge in [0.1, 0.15) is 5.65 Å². The average Bonchev–Trinajstić information content (AvgIpc) is 3.00. The number of aryl methyl sites for hydroxylation is 1. The fourth-order valence-electron chi connectivity index (χ4n) is 2.05. The highest BCUT2D eigenvalue weighted by atomic mass is 32.2. The Kier molecular flexibility index (Phi) is 3.05. The van der Waals surface area contributed by atoms with E-state index in [2.05, 4.69) is 14.8 Å². The lowest BCUT2D eigenvalue weighted by atomic mass is 10.5. The van der Waals surface area contributed by atoms with Crippen LogP contribution < -0.4 is 10.5 Å². The third-order valence-electron chi connectivity index (χ3n) is 2.98. The number of anilines is 2. The van der Waals surface area contributed by atoms with Gasteiger partial charge in [-0.3, -0.25) is 13.8 Å². The van der Waals surface area contributed by atoms with Crippen LogP contribution in [-0.4, -0.2) is 27.6 Å². The molecule has 3 N–H and O–H groups in total. The predicted molar refractivity (Wildman–Crippen MR) is 78.3 cm³/mol. The van der Waals surface area contributed by atoms with Crippen LogP contribution in [0.4, 0.5) is 11.5 Å². The van der Waals surface area contributed by atoms with E-state index in [0.717, 1.165) is 0 Å². The van der Waals surface area contributed by atoms with Crippen LogP contribution in [0.1, 0.15) is 6.92 Å². The molecule has 3 aromatic heterocycles. The maximum Gasteiger partial charge on any atom is 0.281 e. The highest BCUT2D eigenvalue weighted by Gasteiger charge is 2.24. The first-order chi connectivity index (χ1) is 10.0. The fraction of sp³-hybridized carbons (Fsp3) is 0.167. The number of rotatable bonds is 4. The van der Waals surface area contributed by atoms with Gasteiger partial charge in [-0.2, -0.15) is 13.5 Å². The topological polar surface area (TPSA) is 107 Å². The zero-order valence-corrected chi connectivity index (χ0v) is 12.1. The number of nitrogens with two attached hydrogens (primary N) is 1. The summed E-state index contributed by atoms with van der Waals surface area (Å²) < 4.78 is 30.5. The van der Waals surface area contributed by atoms with E-state index < -0.39 is 10.0 Å². The highest BCUT2D eigenvalue weighted by molar-refractivity contribution is 7.92. The summed E-state index contributed by atoms with van der Waals surface area (Å²) in [6.07, 6.45) is 4.65. The van der Waals surface area contributed by atoms with Crippen LogP contribution in [-0.2, 0) is 16.6 Å². The number of fused-ring (bicyclic) bond motifs is 1. The predicted octanol–water partition coefficient (Wildman–Crippen LogP) is 0.934. The maximum absolute atomic E-state index is 12.5. The Balaban J connectivity index is 2.06. The molecule has 0 saturated heterocycles. The molecular weight excluding hydrogens is 292 g/mol. The zero-order chi connectivity index (χ0) is 15.0. The van der Waals surface area contributed by atoms with Crippen molar-refractivity contribution >= 4 is 27.2 Å². The van der Waals surface area contributed by atoms with Gasteiger partial charge >= 0.3 is 0 Å². The van der Waals surface area contributed by atoms with Crippen molar-refractivity contribution in [2.75, 3.05) is 10.5 Å². The zero-order valence-electron chi connectivity index (χ0n) is 11.3. The summed E-state index contributed by atoms with van der Waals surface area (Å²) in [5, 5.41) is 3.94. The van der Waals surface area contributed by atoms with Crippen molar-refractivity contribution in [2.24, 2.45) is 0 Å². The Bertz CT molecular complexity index is 896. The smallest absolute Gasteiger partial charge is 0.281 e. The Morgan fingerprint density at radius 2 is 2.19 bits per heavy atom. The lowest BCUT2D eigenvalue weighted by molar-refractivity contribution is 0.597. The first kappa shape index (κ1) is 13.4. The Morgan fingerprint density at radius 1 is 1.38 bits per heavy atom. The van der Waals surface area contributed by atoms with E-state index >= 15 is 0 Å². The van der Waals surface area contributed by atoms with Gasteiger partial charge in [0.25, 0.3) is 10.0 Å². The van der Waals surface area contributed by atoms with Crippen LogP contribution >= 0.6 is 0 Å². The highest BCUT2D eigenvalue weighted by Crippen LogP contribution is 2.22. The largest absolute Gasteiger partial charge is 0.381 e. The van der Waals surface area contributed by atoms with E-state index in [1.54, 1.807) is 35.3 Å². The monoisotopic (exact) mass is 306 g/mol. The van der Waals surface area contributed by atoms with Gasteiger partial charge in [-0.05, 0) is 19.1 Å². The third kappa shape index (κ3) is 2.31. The minimum atomic E-state index is -3.85. The second kappa shape index (κ2) is 4.77. The van der Waals surface area contributed by atoms with Gasteiger partial charge in [0.05, 0.1) is 11.9 Å². The minimum Gasteiger partial charge on any atom is -0.381 e. The minimum absolute atomic E-state index is 0.0448. The molecule has 0 saturated carbocycles. The molecule has 3 heterocycles. The Labute approximate surface area is 121 Å². The number of sulfonamides is 1. The van der Waals surface area contributed by atoms with Crippen LogP contribution in [0.25, 0.3) is 5.65 Å². The number of nitrogens with one attached hydrogen (secondary N) is 1. The van der Waals surface area contributed by atoms with Crippen molar-refractivity contribution in [3.05, 3.63) is 36.8 Å².